The molecule has 2 aromatic carbocycles. The molecule has 0 bridgehead atoms. The van der Waals surface area contributed by atoms with Gasteiger partial charge in [-0.1, -0.05) is 18.2 Å². The van der Waals surface area contributed by atoms with Crippen molar-refractivity contribution in [2.45, 2.75) is 0 Å². The predicted molar refractivity (Wildman–Crippen MR) is 102 cm³/mol. The van der Waals surface area contributed by atoms with Crippen LogP contribution in [0.4, 0.5) is 17.5 Å². The highest BCUT2D eigenvalue weighted by Crippen LogP contribution is 2.36. The molecule has 134 valence electrons. The SMILES string of the molecule is CNc1nc(Nc2ccc3c(c2)OCO3)c2cnn(-c3ccccc3)c2n1. The second-order valence-electron chi connectivity index (χ2n) is 5.97. The smallest absolute Gasteiger partial charge is 0.231 e. The summed E-state index contributed by atoms with van der Waals surface area (Å²) in [5, 5.41) is 11.7. The van der Waals surface area contributed by atoms with E-state index in [9.17, 15) is 0 Å². The zero-order valence-corrected chi connectivity index (χ0v) is 14.5. The lowest BCUT2D eigenvalue weighted by molar-refractivity contribution is 0.174. The van der Waals surface area contributed by atoms with Crippen LogP contribution < -0.4 is 20.1 Å². The molecule has 0 spiro atoms. The molecule has 27 heavy (non-hydrogen) atoms. The molecule has 8 heteroatoms. The van der Waals surface area contributed by atoms with E-state index in [1.165, 1.54) is 0 Å². The second kappa shape index (κ2) is 6.17. The molecule has 2 aromatic heterocycles. The van der Waals surface area contributed by atoms with Gasteiger partial charge >= 0.3 is 0 Å². The van der Waals surface area contributed by atoms with E-state index in [0.29, 0.717) is 23.2 Å². The Kier molecular flexibility index (Phi) is 3.53. The van der Waals surface area contributed by atoms with Crippen molar-refractivity contribution in [3.05, 3.63) is 54.7 Å². The quantitative estimate of drug-likeness (QED) is 0.577. The fraction of sp³-hybridized carbons (Fsp3) is 0.105. The van der Waals surface area contributed by atoms with Gasteiger partial charge in [-0.15, -0.1) is 0 Å². The van der Waals surface area contributed by atoms with Crippen LogP contribution in [0.1, 0.15) is 0 Å². The Bertz CT molecular complexity index is 1130. The first-order valence-electron chi connectivity index (χ1n) is 8.47. The molecule has 1 aliphatic rings. The van der Waals surface area contributed by atoms with Crippen molar-refractivity contribution < 1.29 is 9.47 Å². The zero-order chi connectivity index (χ0) is 18.2. The first-order chi connectivity index (χ1) is 13.3. The molecule has 0 amide bonds. The maximum atomic E-state index is 5.45. The minimum Gasteiger partial charge on any atom is -0.454 e. The van der Waals surface area contributed by atoms with Gasteiger partial charge in [0.15, 0.2) is 17.1 Å². The number of hydrogen-bond acceptors (Lipinski definition) is 7. The maximum Gasteiger partial charge on any atom is 0.231 e. The highest BCUT2D eigenvalue weighted by molar-refractivity contribution is 5.90. The van der Waals surface area contributed by atoms with Gasteiger partial charge in [-0.3, -0.25) is 0 Å². The Balaban J connectivity index is 1.60. The Morgan fingerprint density at radius 3 is 2.70 bits per heavy atom. The third-order valence-corrected chi connectivity index (χ3v) is 4.29. The summed E-state index contributed by atoms with van der Waals surface area (Å²) >= 11 is 0. The lowest BCUT2D eigenvalue weighted by Gasteiger charge is -2.10. The largest absolute Gasteiger partial charge is 0.454 e. The molecule has 0 saturated heterocycles. The molecular weight excluding hydrogens is 344 g/mol. The van der Waals surface area contributed by atoms with E-state index in [0.717, 1.165) is 22.5 Å². The molecule has 2 N–H and O–H groups in total. The molecule has 0 aliphatic carbocycles. The average molecular weight is 360 g/mol. The topological polar surface area (TPSA) is 86.1 Å². The molecule has 0 atom stereocenters. The molecular formula is C19H16N6O2. The van der Waals surface area contributed by atoms with Gasteiger partial charge < -0.3 is 20.1 Å². The monoisotopic (exact) mass is 360 g/mol. The number of hydrogen-bond donors (Lipinski definition) is 2. The molecule has 0 unspecified atom stereocenters. The van der Waals surface area contributed by atoms with E-state index in [-0.39, 0.29) is 6.79 Å². The van der Waals surface area contributed by atoms with Crippen LogP contribution in [0.25, 0.3) is 16.7 Å². The summed E-state index contributed by atoms with van der Waals surface area (Å²) < 4.78 is 12.6. The fourth-order valence-electron chi connectivity index (χ4n) is 2.98. The van der Waals surface area contributed by atoms with Crippen molar-refractivity contribution in [3.8, 4) is 17.2 Å². The van der Waals surface area contributed by atoms with E-state index in [2.05, 4.69) is 25.7 Å². The molecule has 1 aliphatic heterocycles. The zero-order valence-electron chi connectivity index (χ0n) is 14.5. The van der Waals surface area contributed by atoms with Crippen molar-refractivity contribution >= 4 is 28.5 Å². The number of nitrogens with one attached hydrogen (secondary N) is 2. The van der Waals surface area contributed by atoms with Crippen LogP contribution in [-0.2, 0) is 0 Å². The summed E-state index contributed by atoms with van der Waals surface area (Å²) in [6.45, 7) is 0.240. The van der Waals surface area contributed by atoms with Crippen LogP contribution in [0.5, 0.6) is 11.5 Å². The van der Waals surface area contributed by atoms with Crippen molar-refractivity contribution in [2.24, 2.45) is 0 Å². The molecule has 8 nitrogen and oxygen atoms in total. The number of aromatic nitrogens is 4. The van der Waals surface area contributed by atoms with Crippen molar-refractivity contribution in [2.75, 3.05) is 24.5 Å². The standard InChI is InChI=1S/C19H16N6O2/c1-20-19-23-17(22-12-7-8-15-16(9-12)27-11-26-15)14-10-21-25(18(14)24-19)13-5-3-2-4-6-13/h2-10H,11H2,1H3,(H2,20,22,23,24). The molecule has 0 saturated carbocycles. The lowest BCUT2D eigenvalue weighted by atomic mass is 10.2. The van der Waals surface area contributed by atoms with E-state index in [4.69, 9.17) is 9.47 Å². The van der Waals surface area contributed by atoms with E-state index >= 15 is 0 Å². The maximum absolute atomic E-state index is 5.45. The first kappa shape index (κ1) is 15.4. The van der Waals surface area contributed by atoms with E-state index < -0.39 is 0 Å². The Morgan fingerprint density at radius 2 is 1.85 bits per heavy atom. The summed E-state index contributed by atoms with van der Waals surface area (Å²) in [5.41, 5.74) is 2.49. The summed E-state index contributed by atoms with van der Waals surface area (Å²) in [7, 11) is 1.79. The number of benzene rings is 2. The van der Waals surface area contributed by atoms with Gasteiger partial charge in [-0.05, 0) is 24.3 Å². The Morgan fingerprint density at radius 1 is 1.00 bits per heavy atom. The molecule has 3 heterocycles. The van der Waals surface area contributed by atoms with E-state index in [1.54, 1.807) is 17.9 Å². The Labute approximate surface area is 154 Å². The summed E-state index contributed by atoms with van der Waals surface area (Å²) in [5.74, 6) is 2.61. The minimum absolute atomic E-state index is 0.240. The van der Waals surface area contributed by atoms with Crippen LogP contribution >= 0.6 is 0 Å². The van der Waals surface area contributed by atoms with Crippen molar-refractivity contribution in [3.63, 3.8) is 0 Å². The third kappa shape index (κ3) is 2.67. The molecule has 5 rings (SSSR count). The number of anilines is 3. The summed E-state index contributed by atoms with van der Waals surface area (Å²) in [4.78, 5) is 9.14. The van der Waals surface area contributed by atoms with Gasteiger partial charge in [0.25, 0.3) is 0 Å². The summed E-state index contributed by atoms with van der Waals surface area (Å²) in [6.07, 6.45) is 1.76. The highest BCUT2D eigenvalue weighted by atomic mass is 16.7. The number of ether oxygens (including phenoxy) is 2. The lowest BCUT2D eigenvalue weighted by Crippen LogP contribution is -2.04. The van der Waals surface area contributed by atoms with Crippen molar-refractivity contribution in [1.29, 1.82) is 0 Å². The minimum atomic E-state index is 0.240. The molecule has 0 fully saturated rings. The summed E-state index contributed by atoms with van der Waals surface area (Å²) in [6, 6.07) is 15.5. The van der Waals surface area contributed by atoms with Crippen LogP contribution in [0.15, 0.2) is 54.7 Å². The van der Waals surface area contributed by atoms with Gasteiger partial charge in [-0.25, -0.2) is 4.68 Å². The number of rotatable bonds is 4. The second-order valence-corrected chi connectivity index (χ2v) is 5.97. The van der Waals surface area contributed by atoms with Crippen LogP contribution in [-0.4, -0.2) is 33.6 Å². The van der Waals surface area contributed by atoms with E-state index in [1.807, 2.05) is 48.5 Å². The Hall–Kier alpha value is -3.81. The third-order valence-electron chi connectivity index (χ3n) is 4.29. The average Bonchev–Trinajstić information content (AvgIpc) is 3.35. The van der Waals surface area contributed by atoms with Gasteiger partial charge in [0.2, 0.25) is 12.7 Å². The van der Waals surface area contributed by atoms with Crippen molar-refractivity contribution in [1.82, 2.24) is 19.7 Å². The van der Waals surface area contributed by atoms with Gasteiger partial charge in [0.1, 0.15) is 5.82 Å². The first-order valence-corrected chi connectivity index (χ1v) is 8.47. The van der Waals surface area contributed by atoms with Gasteiger partial charge in [0, 0.05) is 18.8 Å². The highest BCUT2D eigenvalue weighted by Gasteiger charge is 2.16. The van der Waals surface area contributed by atoms with Gasteiger partial charge in [-0.2, -0.15) is 15.1 Å². The van der Waals surface area contributed by atoms with Crippen LogP contribution in [0.2, 0.25) is 0 Å². The molecule has 0 radical (unpaired) electrons. The van der Waals surface area contributed by atoms with Crippen LogP contribution in [0, 0.1) is 0 Å². The number of para-hydroxylation sites is 1. The molecule has 4 aromatic rings. The number of nitrogens with zero attached hydrogens (tertiary/aromatic N) is 4. The number of fused-ring (bicyclic) bond motifs is 2. The van der Waals surface area contributed by atoms with Gasteiger partial charge in [0.05, 0.1) is 17.3 Å². The predicted octanol–water partition coefficient (Wildman–Crippen LogP) is 3.33. The fourth-order valence-corrected chi connectivity index (χ4v) is 2.98. The van der Waals surface area contributed by atoms with Crippen LogP contribution in [0.3, 0.4) is 0 Å². The normalized spacial score (nSPS) is 12.3.